The van der Waals surface area contributed by atoms with Gasteiger partial charge in [0.2, 0.25) is 5.91 Å². The van der Waals surface area contributed by atoms with Gasteiger partial charge in [0, 0.05) is 17.6 Å². The Bertz CT molecular complexity index is 1290. The molecule has 6 nitrogen and oxygen atoms in total. The number of carbonyl (C=O) groups excluding carboxylic acids is 1. The minimum atomic E-state index is -0.228. The summed E-state index contributed by atoms with van der Waals surface area (Å²) >= 11 is 8.61. The fraction of sp³-hybridized carbons (Fsp3) is 0.217. The lowest BCUT2D eigenvalue weighted by Crippen LogP contribution is -2.24. The highest BCUT2D eigenvalue weighted by Crippen LogP contribution is 2.25. The van der Waals surface area contributed by atoms with E-state index in [1.165, 1.54) is 29.3 Å². The maximum atomic E-state index is 13.3. The fourth-order valence-corrected chi connectivity index (χ4v) is 5.12. The number of nitrogens with one attached hydrogen (secondary N) is 1. The molecule has 0 aliphatic carbocycles. The molecule has 0 aliphatic heterocycles. The van der Waals surface area contributed by atoms with Crippen LogP contribution in [0.4, 0.5) is 5.82 Å². The molecule has 0 spiro atoms. The van der Waals surface area contributed by atoms with Gasteiger partial charge in [0.1, 0.15) is 10.6 Å². The lowest BCUT2D eigenvalue weighted by molar-refractivity contribution is -0.113. The first-order chi connectivity index (χ1) is 15.5. The highest BCUT2D eigenvalue weighted by molar-refractivity contribution is 7.99. The smallest absolute Gasteiger partial charge is 0.262 e. The Hall–Kier alpha value is -2.68. The number of fused-ring (bicyclic) bond motifs is 1. The molecule has 32 heavy (non-hydrogen) atoms. The van der Waals surface area contributed by atoms with E-state index < -0.39 is 0 Å². The van der Waals surface area contributed by atoms with Crippen molar-refractivity contribution >= 4 is 56.6 Å². The monoisotopic (exact) mass is 484 g/mol. The SMILES string of the molecule is CCc1cc2c(=O)n(CCc3ccccc3)c(SCC(=O)Nc3ccc(Cl)cn3)nc2s1. The van der Waals surface area contributed by atoms with E-state index >= 15 is 0 Å². The molecule has 164 valence electrons. The molecule has 1 amide bonds. The summed E-state index contributed by atoms with van der Waals surface area (Å²) in [5, 5.41) is 4.42. The lowest BCUT2D eigenvalue weighted by atomic mass is 10.1. The Labute approximate surface area is 198 Å². The second-order valence-electron chi connectivity index (χ2n) is 7.07. The molecule has 0 aliphatic rings. The summed E-state index contributed by atoms with van der Waals surface area (Å²) < 4.78 is 1.68. The number of carbonyl (C=O) groups is 1. The zero-order valence-corrected chi connectivity index (χ0v) is 19.8. The van der Waals surface area contributed by atoms with Crippen LogP contribution >= 0.6 is 34.7 Å². The number of rotatable bonds is 8. The van der Waals surface area contributed by atoms with Gasteiger partial charge in [-0.25, -0.2) is 9.97 Å². The van der Waals surface area contributed by atoms with Crippen molar-refractivity contribution in [3.8, 4) is 0 Å². The van der Waals surface area contributed by atoms with E-state index in [0.29, 0.717) is 39.2 Å². The van der Waals surface area contributed by atoms with E-state index in [9.17, 15) is 9.59 Å². The number of aryl methyl sites for hydroxylation is 2. The van der Waals surface area contributed by atoms with Crippen LogP contribution < -0.4 is 10.9 Å². The van der Waals surface area contributed by atoms with Crippen LogP contribution in [0.5, 0.6) is 0 Å². The second kappa shape index (κ2) is 10.3. The van der Waals surface area contributed by atoms with Crippen LogP contribution in [0.25, 0.3) is 10.2 Å². The molecule has 0 saturated carbocycles. The average molecular weight is 485 g/mol. The number of hydrogen-bond donors (Lipinski definition) is 1. The van der Waals surface area contributed by atoms with Gasteiger partial charge >= 0.3 is 0 Å². The zero-order chi connectivity index (χ0) is 22.5. The Morgan fingerprint density at radius 1 is 1.22 bits per heavy atom. The van der Waals surface area contributed by atoms with Gasteiger partial charge in [-0.3, -0.25) is 14.2 Å². The van der Waals surface area contributed by atoms with E-state index in [1.54, 1.807) is 16.7 Å². The van der Waals surface area contributed by atoms with Crippen molar-refractivity contribution in [1.29, 1.82) is 0 Å². The predicted octanol–water partition coefficient (Wildman–Crippen LogP) is 5.04. The van der Waals surface area contributed by atoms with E-state index in [0.717, 1.165) is 16.9 Å². The number of hydrogen-bond acceptors (Lipinski definition) is 6. The minimum Gasteiger partial charge on any atom is -0.310 e. The topological polar surface area (TPSA) is 76.9 Å². The summed E-state index contributed by atoms with van der Waals surface area (Å²) in [7, 11) is 0. The first-order valence-electron chi connectivity index (χ1n) is 10.1. The van der Waals surface area contributed by atoms with E-state index in [1.807, 2.05) is 36.4 Å². The van der Waals surface area contributed by atoms with Gasteiger partial charge in [-0.2, -0.15) is 0 Å². The van der Waals surface area contributed by atoms with Crippen molar-refractivity contribution in [2.24, 2.45) is 0 Å². The van der Waals surface area contributed by atoms with Crippen LogP contribution in [-0.2, 0) is 24.2 Å². The normalized spacial score (nSPS) is 11.1. The molecule has 1 aromatic carbocycles. The molecule has 0 unspecified atom stereocenters. The third-order valence-corrected chi connectivity index (χ3v) is 7.18. The fourth-order valence-electron chi connectivity index (χ4n) is 3.17. The molecule has 0 saturated heterocycles. The number of anilines is 1. The highest BCUT2D eigenvalue weighted by atomic mass is 35.5. The van der Waals surface area contributed by atoms with Crippen molar-refractivity contribution in [3.05, 3.63) is 80.5 Å². The van der Waals surface area contributed by atoms with Crippen molar-refractivity contribution in [2.75, 3.05) is 11.1 Å². The summed E-state index contributed by atoms with van der Waals surface area (Å²) in [5.41, 5.74) is 1.07. The summed E-state index contributed by atoms with van der Waals surface area (Å²) in [6, 6.07) is 15.2. The van der Waals surface area contributed by atoms with Gasteiger partial charge in [-0.15, -0.1) is 11.3 Å². The van der Waals surface area contributed by atoms with Crippen molar-refractivity contribution in [3.63, 3.8) is 0 Å². The molecular weight excluding hydrogens is 464 g/mol. The van der Waals surface area contributed by atoms with Gasteiger partial charge in [0.05, 0.1) is 16.2 Å². The molecule has 3 aromatic heterocycles. The molecule has 0 fully saturated rings. The van der Waals surface area contributed by atoms with Gasteiger partial charge in [0.25, 0.3) is 5.56 Å². The number of thioether (sulfide) groups is 1. The summed E-state index contributed by atoms with van der Waals surface area (Å²) in [4.78, 5) is 36.4. The number of pyridine rings is 1. The summed E-state index contributed by atoms with van der Waals surface area (Å²) in [5.74, 6) is 0.310. The standard InChI is InChI=1S/C23H21ClN4O2S2/c1-2-17-12-18-21(32-17)27-23(28(22(18)30)11-10-15-6-4-3-5-7-15)31-14-20(29)26-19-9-8-16(24)13-25-19/h3-9,12-13H,2,10-11,14H2,1H3,(H,25,26,29). The van der Waals surface area contributed by atoms with Crippen LogP contribution in [0.2, 0.25) is 5.02 Å². The molecule has 0 radical (unpaired) electrons. The maximum absolute atomic E-state index is 13.3. The third-order valence-electron chi connectivity index (χ3n) is 4.81. The van der Waals surface area contributed by atoms with Crippen molar-refractivity contribution in [2.45, 2.75) is 31.5 Å². The molecule has 9 heteroatoms. The molecule has 4 aromatic rings. The Morgan fingerprint density at radius 2 is 2.03 bits per heavy atom. The first-order valence-corrected chi connectivity index (χ1v) is 12.3. The van der Waals surface area contributed by atoms with E-state index in [4.69, 9.17) is 16.6 Å². The van der Waals surface area contributed by atoms with Gasteiger partial charge in [-0.1, -0.05) is 60.6 Å². The number of halogens is 1. The average Bonchev–Trinajstić information content (AvgIpc) is 3.23. The zero-order valence-electron chi connectivity index (χ0n) is 17.4. The van der Waals surface area contributed by atoms with E-state index in [2.05, 4.69) is 17.2 Å². The number of nitrogens with zero attached hydrogens (tertiary/aromatic N) is 3. The number of amides is 1. The highest BCUT2D eigenvalue weighted by Gasteiger charge is 2.16. The second-order valence-corrected chi connectivity index (χ2v) is 9.56. The van der Waals surface area contributed by atoms with E-state index in [-0.39, 0.29) is 17.2 Å². The number of benzene rings is 1. The maximum Gasteiger partial charge on any atom is 0.262 e. The largest absolute Gasteiger partial charge is 0.310 e. The lowest BCUT2D eigenvalue weighted by Gasteiger charge is -2.12. The predicted molar refractivity (Wildman–Crippen MR) is 132 cm³/mol. The summed E-state index contributed by atoms with van der Waals surface area (Å²) in [6.45, 7) is 2.55. The third kappa shape index (κ3) is 5.38. The Morgan fingerprint density at radius 3 is 2.75 bits per heavy atom. The number of thiophene rings is 1. The molecular formula is C23H21ClN4O2S2. The van der Waals surface area contributed by atoms with Crippen LogP contribution in [0, 0.1) is 0 Å². The van der Waals surface area contributed by atoms with Crippen LogP contribution in [-0.4, -0.2) is 26.2 Å². The van der Waals surface area contributed by atoms with Gasteiger partial charge < -0.3 is 5.32 Å². The van der Waals surface area contributed by atoms with Crippen molar-refractivity contribution < 1.29 is 4.79 Å². The minimum absolute atomic E-state index is 0.0656. The molecule has 4 rings (SSSR count). The Balaban J connectivity index is 1.57. The van der Waals surface area contributed by atoms with Crippen LogP contribution in [0.3, 0.4) is 0 Å². The van der Waals surface area contributed by atoms with Crippen molar-refractivity contribution in [1.82, 2.24) is 14.5 Å². The quantitative estimate of drug-likeness (QED) is 0.280. The van der Waals surface area contributed by atoms with Gasteiger partial charge in [-0.05, 0) is 36.6 Å². The first kappa shape index (κ1) is 22.5. The molecule has 3 heterocycles. The summed E-state index contributed by atoms with van der Waals surface area (Å²) in [6.07, 6.45) is 3.03. The molecule has 1 N–H and O–H groups in total. The molecule has 0 atom stereocenters. The van der Waals surface area contributed by atoms with Crippen LogP contribution in [0.1, 0.15) is 17.4 Å². The van der Waals surface area contributed by atoms with Crippen LogP contribution in [0.15, 0.2) is 64.7 Å². The Kier molecular flexibility index (Phi) is 7.24. The molecule has 0 bridgehead atoms. The number of aromatic nitrogens is 3. The van der Waals surface area contributed by atoms with Gasteiger partial charge in [0.15, 0.2) is 5.16 Å².